The van der Waals surface area contributed by atoms with Crippen LogP contribution in [0.4, 0.5) is 5.69 Å². The fourth-order valence-electron chi connectivity index (χ4n) is 2.87. The Bertz CT molecular complexity index is 425. The third-order valence-corrected chi connectivity index (χ3v) is 3.51. The lowest BCUT2D eigenvalue weighted by molar-refractivity contribution is -0.118. The maximum atomic E-state index is 12.0. The van der Waals surface area contributed by atoms with Gasteiger partial charge in [0.05, 0.1) is 5.69 Å². The summed E-state index contributed by atoms with van der Waals surface area (Å²) in [6, 6.07) is 6.81. The van der Waals surface area contributed by atoms with E-state index in [9.17, 15) is 4.79 Å². The molecule has 0 spiro atoms. The highest BCUT2D eigenvalue weighted by atomic mass is 16.2. The van der Waals surface area contributed by atoms with Crippen molar-refractivity contribution in [2.24, 2.45) is 0 Å². The maximum absolute atomic E-state index is 12.0. The van der Waals surface area contributed by atoms with Crippen LogP contribution in [0.15, 0.2) is 18.2 Å². The topological polar surface area (TPSA) is 20.3 Å². The lowest BCUT2D eigenvalue weighted by Gasteiger charge is -2.22. The van der Waals surface area contributed by atoms with Gasteiger partial charge in [-0.1, -0.05) is 18.2 Å². The standard InChI is InChI=1S/C13H15NO/c1-9-8-11-6-2-4-10-5-3-7-12(15)14(9)13(10)11/h2,4,6,9H,3,5,7-8H2,1H3/t9-/m1/s1. The number of carbonyl (C=O) groups is 1. The van der Waals surface area contributed by atoms with E-state index in [0.717, 1.165) is 19.3 Å². The first-order valence-corrected chi connectivity index (χ1v) is 5.70. The van der Waals surface area contributed by atoms with Crippen LogP contribution < -0.4 is 4.90 Å². The van der Waals surface area contributed by atoms with E-state index >= 15 is 0 Å². The van der Waals surface area contributed by atoms with Crippen LogP contribution >= 0.6 is 0 Å². The van der Waals surface area contributed by atoms with E-state index in [0.29, 0.717) is 18.4 Å². The van der Waals surface area contributed by atoms with Gasteiger partial charge in [0.15, 0.2) is 0 Å². The van der Waals surface area contributed by atoms with Gasteiger partial charge in [-0.15, -0.1) is 0 Å². The summed E-state index contributed by atoms with van der Waals surface area (Å²) in [5, 5.41) is 0. The fourth-order valence-corrected chi connectivity index (χ4v) is 2.87. The molecule has 0 bridgehead atoms. The van der Waals surface area contributed by atoms with Crippen molar-refractivity contribution < 1.29 is 4.79 Å². The Balaban J connectivity index is 2.21. The predicted octanol–water partition coefficient (Wildman–Crippen LogP) is 2.30. The molecule has 1 atom stereocenters. The quantitative estimate of drug-likeness (QED) is 0.630. The van der Waals surface area contributed by atoms with Crippen LogP contribution in [0.5, 0.6) is 0 Å². The maximum Gasteiger partial charge on any atom is 0.227 e. The summed E-state index contributed by atoms with van der Waals surface area (Å²) in [4.78, 5) is 14.0. The van der Waals surface area contributed by atoms with E-state index in [2.05, 4.69) is 25.1 Å². The molecule has 3 rings (SSSR count). The summed E-state index contributed by atoms with van der Waals surface area (Å²) in [6.45, 7) is 2.15. The average Bonchev–Trinajstić information content (AvgIpc) is 2.43. The molecule has 78 valence electrons. The van der Waals surface area contributed by atoms with Crippen LogP contribution in [0, 0.1) is 0 Å². The van der Waals surface area contributed by atoms with Gasteiger partial charge in [-0.3, -0.25) is 4.79 Å². The molecular weight excluding hydrogens is 186 g/mol. The summed E-state index contributed by atoms with van der Waals surface area (Å²) >= 11 is 0. The molecule has 2 nitrogen and oxygen atoms in total. The van der Waals surface area contributed by atoms with Crippen LogP contribution in [0.1, 0.15) is 30.9 Å². The van der Waals surface area contributed by atoms with Crippen LogP contribution in [-0.4, -0.2) is 11.9 Å². The second-order valence-electron chi connectivity index (χ2n) is 4.60. The first-order chi connectivity index (χ1) is 7.27. The number of carbonyl (C=O) groups excluding carboxylic acids is 1. The number of rotatable bonds is 0. The SMILES string of the molecule is C[C@@H]1Cc2cccc3c2N1C(=O)CCC3. The molecule has 0 N–H and O–H groups in total. The van der Waals surface area contributed by atoms with Crippen molar-refractivity contribution >= 4 is 11.6 Å². The number of hydrogen-bond acceptors (Lipinski definition) is 1. The molecule has 0 saturated carbocycles. The van der Waals surface area contributed by atoms with Gasteiger partial charge in [0, 0.05) is 12.5 Å². The van der Waals surface area contributed by atoms with Gasteiger partial charge >= 0.3 is 0 Å². The van der Waals surface area contributed by atoms with Gasteiger partial charge in [0.1, 0.15) is 0 Å². The summed E-state index contributed by atoms with van der Waals surface area (Å²) in [7, 11) is 0. The second-order valence-corrected chi connectivity index (χ2v) is 4.60. The summed E-state index contributed by atoms with van der Waals surface area (Å²) < 4.78 is 0. The molecule has 1 amide bonds. The zero-order chi connectivity index (χ0) is 10.4. The highest BCUT2D eigenvalue weighted by molar-refractivity contribution is 5.97. The van der Waals surface area contributed by atoms with Crippen molar-refractivity contribution in [1.29, 1.82) is 0 Å². The predicted molar refractivity (Wildman–Crippen MR) is 60.0 cm³/mol. The molecular formula is C13H15NO. The minimum absolute atomic E-state index is 0.311. The van der Waals surface area contributed by atoms with E-state index in [1.807, 2.05) is 4.90 Å². The number of hydrogen-bond donors (Lipinski definition) is 0. The molecule has 0 saturated heterocycles. The normalized spacial score (nSPS) is 23.9. The van der Waals surface area contributed by atoms with Gasteiger partial charge in [-0.2, -0.15) is 0 Å². The van der Waals surface area contributed by atoms with Gasteiger partial charge in [-0.05, 0) is 37.3 Å². The Morgan fingerprint density at radius 1 is 1.27 bits per heavy atom. The molecule has 0 unspecified atom stereocenters. The first-order valence-electron chi connectivity index (χ1n) is 5.70. The largest absolute Gasteiger partial charge is 0.309 e. The number of benzene rings is 1. The Kier molecular flexibility index (Phi) is 1.84. The van der Waals surface area contributed by atoms with E-state index < -0.39 is 0 Å². The molecule has 2 heterocycles. The molecule has 1 aromatic rings. The van der Waals surface area contributed by atoms with Crippen LogP contribution in [0.25, 0.3) is 0 Å². The van der Waals surface area contributed by atoms with Crippen molar-refractivity contribution in [3.63, 3.8) is 0 Å². The molecule has 2 aliphatic rings. The van der Waals surface area contributed by atoms with Gasteiger partial charge < -0.3 is 4.90 Å². The van der Waals surface area contributed by atoms with Crippen LogP contribution in [0.3, 0.4) is 0 Å². The van der Waals surface area contributed by atoms with Gasteiger partial charge in [0.2, 0.25) is 5.91 Å². The molecule has 0 aromatic heterocycles. The Hall–Kier alpha value is -1.31. The monoisotopic (exact) mass is 201 g/mol. The fraction of sp³-hybridized carbons (Fsp3) is 0.462. The first kappa shape index (κ1) is 8.96. The highest BCUT2D eigenvalue weighted by Gasteiger charge is 2.33. The van der Waals surface area contributed by atoms with Crippen LogP contribution in [-0.2, 0) is 17.6 Å². The third kappa shape index (κ3) is 1.21. The third-order valence-electron chi connectivity index (χ3n) is 3.51. The van der Waals surface area contributed by atoms with Crippen LogP contribution in [0.2, 0.25) is 0 Å². The molecule has 0 aliphatic carbocycles. The molecule has 0 radical (unpaired) electrons. The van der Waals surface area contributed by atoms with Crippen molar-refractivity contribution in [2.45, 2.75) is 38.6 Å². The minimum atomic E-state index is 0.311. The lowest BCUT2D eigenvalue weighted by atomic mass is 10.0. The lowest BCUT2D eigenvalue weighted by Crippen LogP contribution is -2.35. The van der Waals surface area contributed by atoms with E-state index in [4.69, 9.17) is 0 Å². The second kappa shape index (κ2) is 3.09. The minimum Gasteiger partial charge on any atom is -0.309 e. The van der Waals surface area contributed by atoms with E-state index in [1.165, 1.54) is 16.8 Å². The molecule has 2 aliphatic heterocycles. The zero-order valence-electron chi connectivity index (χ0n) is 8.99. The summed E-state index contributed by atoms with van der Waals surface area (Å²) in [6.07, 6.45) is 3.78. The number of amides is 1. The number of nitrogens with zero attached hydrogens (tertiary/aromatic N) is 1. The summed E-state index contributed by atoms with van der Waals surface area (Å²) in [5.74, 6) is 0.311. The molecule has 2 heteroatoms. The van der Waals surface area contributed by atoms with Crippen molar-refractivity contribution in [3.05, 3.63) is 29.3 Å². The Labute approximate surface area is 89.9 Å². The number of aryl methyl sites for hydroxylation is 1. The smallest absolute Gasteiger partial charge is 0.227 e. The van der Waals surface area contributed by atoms with Gasteiger partial charge in [0.25, 0.3) is 0 Å². The molecule has 15 heavy (non-hydrogen) atoms. The van der Waals surface area contributed by atoms with E-state index in [-0.39, 0.29) is 0 Å². The van der Waals surface area contributed by atoms with Crippen molar-refractivity contribution in [1.82, 2.24) is 0 Å². The van der Waals surface area contributed by atoms with Gasteiger partial charge in [-0.25, -0.2) is 0 Å². The number of anilines is 1. The van der Waals surface area contributed by atoms with Crippen molar-refractivity contribution in [2.75, 3.05) is 4.90 Å². The summed E-state index contributed by atoms with van der Waals surface area (Å²) in [5.41, 5.74) is 3.95. The van der Waals surface area contributed by atoms with E-state index in [1.54, 1.807) is 0 Å². The number of para-hydroxylation sites is 1. The Morgan fingerprint density at radius 3 is 2.93 bits per heavy atom. The Morgan fingerprint density at radius 2 is 2.07 bits per heavy atom. The zero-order valence-corrected chi connectivity index (χ0v) is 8.99. The van der Waals surface area contributed by atoms with Crippen molar-refractivity contribution in [3.8, 4) is 0 Å². The molecule has 1 aromatic carbocycles. The average molecular weight is 201 g/mol. The molecule has 0 fully saturated rings. The highest BCUT2D eigenvalue weighted by Crippen LogP contribution is 2.38.